The normalized spacial score (nSPS) is 17.8. The molecule has 0 spiro atoms. The lowest BCUT2D eigenvalue weighted by Crippen LogP contribution is -2.52. The molecule has 1 rings (SSSR count). The van der Waals surface area contributed by atoms with Gasteiger partial charge in [0.25, 0.3) is 0 Å². The second kappa shape index (κ2) is 4.50. The molecule has 5 nitrogen and oxygen atoms in total. The molecule has 0 aliphatic rings. The number of hydrogen-bond donors (Lipinski definition) is 3. The molecule has 0 aliphatic carbocycles. The zero-order valence-electron chi connectivity index (χ0n) is 8.87. The lowest BCUT2D eigenvalue weighted by atomic mass is 10.0. The second-order valence-electron chi connectivity index (χ2n) is 3.62. The summed E-state index contributed by atoms with van der Waals surface area (Å²) in [7, 11) is -3.86. The standard InChI is InChI=1S/C10H15NO4S/c1-16(14,15)10(13,9(11)7-12)8-5-3-2-4-6-8/h2-6,9,12-13H,7,11H2,1H3. The highest BCUT2D eigenvalue weighted by Crippen LogP contribution is 2.29. The molecule has 2 atom stereocenters. The fourth-order valence-corrected chi connectivity index (χ4v) is 2.69. The molecule has 1 aromatic rings. The molecule has 0 amide bonds. The van der Waals surface area contributed by atoms with Crippen molar-refractivity contribution in [2.45, 2.75) is 11.0 Å². The Labute approximate surface area is 94.4 Å². The number of benzene rings is 1. The van der Waals surface area contributed by atoms with Crippen molar-refractivity contribution in [1.29, 1.82) is 0 Å². The molecular weight excluding hydrogens is 230 g/mol. The summed E-state index contributed by atoms with van der Waals surface area (Å²) in [6.45, 7) is -0.627. The highest BCUT2D eigenvalue weighted by Gasteiger charge is 2.45. The fourth-order valence-electron chi connectivity index (χ4n) is 1.50. The molecular formula is C10H15NO4S. The van der Waals surface area contributed by atoms with Crippen LogP contribution in [-0.4, -0.2) is 37.5 Å². The van der Waals surface area contributed by atoms with E-state index in [2.05, 4.69) is 0 Å². The van der Waals surface area contributed by atoms with Gasteiger partial charge in [0.05, 0.1) is 12.6 Å². The summed E-state index contributed by atoms with van der Waals surface area (Å²) < 4.78 is 23.2. The minimum atomic E-state index is -3.86. The largest absolute Gasteiger partial charge is 0.395 e. The van der Waals surface area contributed by atoms with E-state index in [9.17, 15) is 13.5 Å². The Kier molecular flexibility index (Phi) is 3.69. The van der Waals surface area contributed by atoms with E-state index in [1.54, 1.807) is 18.2 Å². The molecule has 0 saturated heterocycles. The third-order valence-corrected chi connectivity index (χ3v) is 4.12. The van der Waals surface area contributed by atoms with Crippen LogP contribution in [0, 0.1) is 0 Å². The van der Waals surface area contributed by atoms with Crippen LogP contribution >= 0.6 is 0 Å². The molecule has 16 heavy (non-hydrogen) atoms. The highest BCUT2D eigenvalue weighted by atomic mass is 32.2. The maximum Gasteiger partial charge on any atom is 0.208 e. The summed E-state index contributed by atoms with van der Waals surface area (Å²) in [6.07, 6.45) is 0.884. The van der Waals surface area contributed by atoms with E-state index >= 15 is 0 Å². The summed E-state index contributed by atoms with van der Waals surface area (Å²) in [5.74, 6) is 0. The molecule has 4 N–H and O–H groups in total. The molecule has 0 radical (unpaired) electrons. The summed E-state index contributed by atoms with van der Waals surface area (Å²) in [4.78, 5) is -2.26. The average molecular weight is 245 g/mol. The first-order chi connectivity index (χ1) is 7.34. The molecule has 90 valence electrons. The molecule has 0 aromatic heterocycles. The van der Waals surface area contributed by atoms with Crippen LogP contribution in [0.1, 0.15) is 5.56 Å². The van der Waals surface area contributed by atoms with Crippen LogP contribution < -0.4 is 5.73 Å². The van der Waals surface area contributed by atoms with Crippen LogP contribution in [0.4, 0.5) is 0 Å². The topological polar surface area (TPSA) is 101 Å². The van der Waals surface area contributed by atoms with Gasteiger partial charge in [0, 0.05) is 11.8 Å². The van der Waals surface area contributed by atoms with E-state index in [1.165, 1.54) is 12.1 Å². The van der Waals surface area contributed by atoms with Crippen LogP contribution in [0.3, 0.4) is 0 Å². The fraction of sp³-hybridized carbons (Fsp3) is 0.400. The molecule has 0 fully saturated rings. The van der Waals surface area contributed by atoms with Gasteiger partial charge in [0.2, 0.25) is 4.93 Å². The third-order valence-electron chi connectivity index (χ3n) is 2.45. The van der Waals surface area contributed by atoms with Gasteiger partial charge in [-0.15, -0.1) is 0 Å². The van der Waals surface area contributed by atoms with Crippen molar-refractivity contribution >= 4 is 9.84 Å². The highest BCUT2D eigenvalue weighted by molar-refractivity contribution is 7.91. The maximum atomic E-state index is 11.6. The van der Waals surface area contributed by atoms with E-state index in [-0.39, 0.29) is 5.56 Å². The predicted octanol–water partition coefficient (Wildman–Crippen LogP) is -0.804. The summed E-state index contributed by atoms with van der Waals surface area (Å²) in [5.41, 5.74) is 5.64. The Hall–Kier alpha value is -0.950. The summed E-state index contributed by atoms with van der Waals surface area (Å²) in [5, 5.41) is 19.2. The number of sulfone groups is 1. The first kappa shape index (κ1) is 13.1. The number of aliphatic hydroxyl groups excluding tert-OH is 1. The quantitative estimate of drug-likeness (QED) is 0.644. The van der Waals surface area contributed by atoms with Crippen LogP contribution in [0.25, 0.3) is 0 Å². The first-order valence-corrected chi connectivity index (χ1v) is 6.57. The molecule has 0 saturated carbocycles. The van der Waals surface area contributed by atoms with Gasteiger partial charge in [0.15, 0.2) is 9.84 Å². The summed E-state index contributed by atoms with van der Waals surface area (Å²) in [6, 6.07) is 6.50. The van der Waals surface area contributed by atoms with Gasteiger partial charge in [-0.2, -0.15) is 0 Å². The van der Waals surface area contributed by atoms with E-state index in [4.69, 9.17) is 10.8 Å². The minimum Gasteiger partial charge on any atom is -0.395 e. The Morgan fingerprint density at radius 2 is 1.88 bits per heavy atom. The second-order valence-corrected chi connectivity index (χ2v) is 5.79. The smallest absolute Gasteiger partial charge is 0.208 e. The molecule has 0 aliphatic heterocycles. The van der Waals surface area contributed by atoms with Crippen molar-refractivity contribution in [3.05, 3.63) is 35.9 Å². The average Bonchev–Trinajstić information content (AvgIpc) is 2.26. The van der Waals surface area contributed by atoms with Crippen LogP contribution in [0.15, 0.2) is 30.3 Å². The zero-order valence-corrected chi connectivity index (χ0v) is 9.68. The lowest BCUT2D eigenvalue weighted by molar-refractivity contribution is 0.0669. The molecule has 0 heterocycles. The molecule has 6 heteroatoms. The van der Waals surface area contributed by atoms with E-state index in [0.717, 1.165) is 6.26 Å². The van der Waals surface area contributed by atoms with E-state index < -0.39 is 27.4 Å². The molecule has 2 unspecified atom stereocenters. The molecule has 1 aromatic carbocycles. The van der Waals surface area contributed by atoms with Crippen molar-refractivity contribution < 1.29 is 18.6 Å². The number of aliphatic hydroxyl groups is 2. The van der Waals surface area contributed by atoms with Crippen molar-refractivity contribution in [2.24, 2.45) is 5.73 Å². The van der Waals surface area contributed by atoms with Gasteiger partial charge in [-0.25, -0.2) is 8.42 Å². The van der Waals surface area contributed by atoms with Crippen molar-refractivity contribution in [3.8, 4) is 0 Å². The minimum absolute atomic E-state index is 0.152. The Balaban J connectivity index is 3.38. The van der Waals surface area contributed by atoms with Crippen molar-refractivity contribution in [2.75, 3.05) is 12.9 Å². The van der Waals surface area contributed by atoms with Gasteiger partial charge >= 0.3 is 0 Å². The summed E-state index contributed by atoms with van der Waals surface area (Å²) >= 11 is 0. The number of rotatable bonds is 4. The van der Waals surface area contributed by atoms with Gasteiger partial charge in [-0.3, -0.25) is 0 Å². The van der Waals surface area contributed by atoms with Crippen LogP contribution in [0.5, 0.6) is 0 Å². The van der Waals surface area contributed by atoms with Gasteiger partial charge in [-0.1, -0.05) is 30.3 Å². The van der Waals surface area contributed by atoms with E-state index in [1.807, 2.05) is 0 Å². The van der Waals surface area contributed by atoms with Gasteiger partial charge in [0.1, 0.15) is 0 Å². The predicted molar refractivity (Wildman–Crippen MR) is 60.2 cm³/mol. The Morgan fingerprint density at radius 3 is 2.25 bits per heavy atom. The van der Waals surface area contributed by atoms with Crippen LogP contribution in [0.2, 0.25) is 0 Å². The Bertz CT molecular complexity index is 445. The Morgan fingerprint density at radius 1 is 1.38 bits per heavy atom. The maximum absolute atomic E-state index is 11.6. The monoisotopic (exact) mass is 245 g/mol. The van der Waals surface area contributed by atoms with Crippen molar-refractivity contribution in [3.63, 3.8) is 0 Å². The first-order valence-electron chi connectivity index (χ1n) is 4.68. The van der Waals surface area contributed by atoms with E-state index in [0.29, 0.717) is 0 Å². The number of nitrogens with two attached hydrogens (primary N) is 1. The number of hydrogen-bond acceptors (Lipinski definition) is 5. The third kappa shape index (κ3) is 2.10. The SMILES string of the molecule is CS(=O)(=O)C(O)(c1ccccc1)C(N)CO. The lowest BCUT2D eigenvalue weighted by Gasteiger charge is -2.31. The molecule has 0 bridgehead atoms. The van der Waals surface area contributed by atoms with Gasteiger partial charge < -0.3 is 15.9 Å². The zero-order chi connectivity index (χ0) is 12.4. The van der Waals surface area contributed by atoms with Crippen molar-refractivity contribution in [1.82, 2.24) is 0 Å². The van der Waals surface area contributed by atoms with Crippen LogP contribution in [-0.2, 0) is 14.8 Å². The van der Waals surface area contributed by atoms with Gasteiger partial charge in [-0.05, 0) is 0 Å².